The van der Waals surface area contributed by atoms with E-state index in [1.54, 1.807) is 0 Å². The lowest BCUT2D eigenvalue weighted by Crippen LogP contribution is -2.32. The lowest BCUT2D eigenvalue weighted by atomic mass is 10.0. The normalized spacial score (nSPS) is 25.6. The van der Waals surface area contributed by atoms with E-state index in [0.29, 0.717) is 6.10 Å². The van der Waals surface area contributed by atoms with E-state index >= 15 is 0 Å². The Morgan fingerprint density at radius 1 is 0.947 bits per heavy atom. The maximum Gasteiger partial charge on any atom is 0.0575 e. The molecule has 0 spiro atoms. The molecule has 0 aromatic carbocycles. The average molecular weight is 268 g/mol. The quantitative estimate of drug-likeness (QED) is 0.685. The van der Waals surface area contributed by atoms with Crippen LogP contribution in [0.4, 0.5) is 0 Å². The van der Waals surface area contributed by atoms with Crippen LogP contribution >= 0.6 is 0 Å². The minimum absolute atomic E-state index is 0.559. The fourth-order valence-corrected chi connectivity index (χ4v) is 3.23. The van der Waals surface area contributed by atoms with Crippen LogP contribution in [0.25, 0.3) is 0 Å². The highest BCUT2D eigenvalue weighted by atomic mass is 16.5. The average Bonchev–Trinajstić information content (AvgIpc) is 2.48. The van der Waals surface area contributed by atoms with Crippen molar-refractivity contribution >= 4 is 0 Å². The second kappa shape index (κ2) is 9.73. The molecule has 0 aromatic heterocycles. The van der Waals surface area contributed by atoms with Gasteiger partial charge in [-0.05, 0) is 84.1 Å². The van der Waals surface area contributed by atoms with Gasteiger partial charge in [-0.3, -0.25) is 0 Å². The van der Waals surface area contributed by atoms with Crippen molar-refractivity contribution in [1.82, 2.24) is 10.2 Å². The van der Waals surface area contributed by atoms with Crippen LogP contribution in [0.2, 0.25) is 0 Å². The number of nitrogens with one attached hydrogen (secondary N) is 1. The molecule has 2 fully saturated rings. The van der Waals surface area contributed by atoms with Gasteiger partial charge in [-0.25, -0.2) is 0 Å². The fraction of sp³-hybridized carbons (Fsp3) is 1.00. The van der Waals surface area contributed by atoms with Crippen LogP contribution in [0.5, 0.6) is 0 Å². The molecule has 0 bridgehead atoms. The van der Waals surface area contributed by atoms with Gasteiger partial charge < -0.3 is 15.0 Å². The molecule has 2 aliphatic rings. The maximum absolute atomic E-state index is 5.75. The Morgan fingerprint density at radius 3 is 2.58 bits per heavy atom. The highest BCUT2D eigenvalue weighted by Crippen LogP contribution is 2.16. The monoisotopic (exact) mass is 268 g/mol. The molecule has 0 aliphatic carbocycles. The van der Waals surface area contributed by atoms with E-state index in [2.05, 4.69) is 10.2 Å². The zero-order chi connectivity index (χ0) is 13.2. The highest BCUT2D eigenvalue weighted by Gasteiger charge is 2.12. The van der Waals surface area contributed by atoms with Crippen molar-refractivity contribution in [2.24, 2.45) is 0 Å². The molecule has 0 radical (unpaired) electrons. The highest BCUT2D eigenvalue weighted by molar-refractivity contribution is 4.66. The van der Waals surface area contributed by atoms with E-state index in [4.69, 9.17) is 4.74 Å². The molecule has 19 heavy (non-hydrogen) atoms. The second-order valence-electron chi connectivity index (χ2n) is 6.14. The van der Waals surface area contributed by atoms with Gasteiger partial charge in [-0.1, -0.05) is 6.42 Å². The van der Waals surface area contributed by atoms with Gasteiger partial charge in [0, 0.05) is 6.61 Å². The molecule has 2 saturated heterocycles. The molecule has 3 heteroatoms. The summed E-state index contributed by atoms with van der Waals surface area (Å²) in [5.41, 5.74) is 0. The molecule has 3 nitrogen and oxygen atoms in total. The van der Waals surface area contributed by atoms with Gasteiger partial charge in [0.1, 0.15) is 0 Å². The van der Waals surface area contributed by atoms with Gasteiger partial charge >= 0.3 is 0 Å². The number of hydrogen-bond donors (Lipinski definition) is 1. The lowest BCUT2D eigenvalue weighted by molar-refractivity contribution is 0.0102. The van der Waals surface area contributed by atoms with E-state index in [1.165, 1.54) is 90.5 Å². The van der Waals surface area contributed by atoms with Crippen LogP contribution in [-0.4, -0.2) is 50.3 Å². The molecule has 112 valence electrons. The summed E-state index contributed by atoms with van der Waals surface area (Å²) in [5.74, 6) is 0. The first kappa shape index (κ1) is 15.3. The van der Waals surface area contributed by atoms with Crippen molar-refractivity contribution < 1.29 is 4.74 Å². The Morgan fingerprint density at radius 2 is 1.79 bits per heavy atom. The molecule has 2 aliphatic heterocycles. The largest absolute Gasteiger partial charge is 0.378 e. The molecule has 0 aromatic rings. The number of likely N-dealkylation sites (tertiary alicyclic amines) is 1. The first-order valence-corrected chi connectivity index (χ1v) is 8.50. The molecule has 0 amide bonds. The molecule has 2 rings (SSSR count). The Bertz CT molecular complexity index is 189. The topological polar surface area (TPSA) is 24.5 Å². The minimum Gasteiger partial charge on any atom is -0.378 e. The summed E-state index contributed by atoms with van der Waals surface area (Å²) in [6.07, 6.45) is 12.6. The van der Waals surface area contributed by atoms with Gasteiger partial charge in [-0.15, -0.1) is 0 Å². The predicted octanol–water partition coefficient (Wildman–Crippen LogP) is 2.80. The number of nitrogens with zero attached hydrogens (tertiary/aromatic N) is 1. The Labute approximate surface area is 119 Å². The van der Waals surface area contributed by atoms with Crippen LogP contribution in [0.3, 0.4) is 0 Å². The van der Waals surface area contributed by atoms with Crippen LogP contribution in [0, 0.1) is 0 Å². The van der Waals surface area contributed by atoms with Gasteiger partial charge in [0.25, 0.3) is 0 Å². The van der Waals surface area contributed by atoms with E-state index < -0.39 is 0 Å². The van der Waals surface area contributed by atoms with Crippen molar-refractivity contribution in [2.75, 3.05) is 39.3 Å². The van der Waals surface area contributed by atoms with Crippen molar-refractivity contribution in [1.29, 1.82) is 0 Å². The van der Waals surface area contributed by atoms with Gasteiger partial charge in [0.15, 0.2) is 0 Å². The van der Waals surface area contributed by atoms with Crippen molar-refractivity contribution in [3.63, 3.8) is 0 Å². The third-order valence-corrected chi connectivity index (χ3v) is 4.43. The first-order valence-electron chi connectivity index (χ1n) is 8.50. The van der Waals surface area contributed by atoms with E-state index in [-0.39, 0.29) is 0 Å². The Hall–Kier alpha value is -0.120. The van der Waals surface area contributed by atoms with E-state index in [1.807, 2.05) is 0 Å². The molecule has 1 atom stereocenters. The number of rotatable bonds is 8. The third kappa shape index (κ3) is 6.73. The summed E-state index contributed by atoms with van der Waals surface area (Å²) in [4.78, 5) is 2.63. The third-order valence-electron chi connectivity index (χ3n) is 4.43. The van der Waals surface area contributed by atoms with Crippen LogP contribution < -0.4 is 5.32 Å². The Kier molecular flexibility index (Phi) is 7.82. The summed E-state index contributed by atoms with van der Waals surface area (Å²) in [5, 5.41) is 3.58. The van der Waals surface area contributed by atoms with Crippen molar-refractivity contribution in [2.45, 2.75) is 63.9 Å². The second-order valence-corrected chi connectivity index (χ2v) is 6.14. The Balaban J connectivity index is 1.35. The predicted molar refractivity (Wildman–Crippen MR) is 80.6 cm³/mol. The number of piperidine rings is 1. The van der Waals surface area contributed by atoms with Crippen LogP contribution in [0.15, 0.2) is 0 Å². The zero-order valence-electron chi connectivity index (χ0n) is 12.5. The van der Waals surface area contributed by atoms with E-state index in [9.17, 15) is 0 Å². The van der Waals surface area contributed by atoms with Gasteiger partial charge in [0.05, 0.1) is 6.10 Å². The molecule has 2 heterocycles. The zero-order valence-corrected chi connectivity index (χ0v) is 12.5. The molecule has 1 N–H and O–H groups in total. The van der Waals surface area contributed by atoms with Crippen molar-refractivity contribution in [3.8, 4) is 0 Å². The lowest BCUT2D eigenvalue weighted by Gasteiger charge is -2.26. The van der Waals surface area contributed by atoms with Gasteiger partial charge in [-0.2, -0.15) is 0 Å². The molecular weight excluding hydrogens is 236 g/mol. The standard InChI is InChI=1S/C16H32N2O/c1-3-12-18(13-4-1)14-7-11-17-10-6-9-16-8-2-5-15-19-16/h16-17H,1-15H2. The molecular formula is C16H32N2O. The summed E-state index contributed by atoms with van der Waals surface area (Å²) >= 11 is 0. The van der Waals surface area contributed by atoms with Gasteiger partial charge in [0.2, 0.25) is 0 Å². The van der Waals surface area contributed by atoms with Crippen LogP contribution in [0.1, 0.15) is 57.8 Å². The first-order chi connectivity index (χ1) is 9.45. The fourth-order valence-electron chi connectivity index (χ4n) is 3.23. The summed E-state index contributed by atoms with van der Waals surface area (Å²) in [6.45, 7) is 7.30. The van der Waals surface area contributed by atoms with Crippen LogP contribution in [-0.2, 0) is 4.74 Å². The smallest absolute Gasteiger partial charge is 0.0575 e. The number of ether oxygens (including phenoxy) is 1. The molecule has 1 unspecified atom stereocenters. The SMILES string of the molecule is C1CCN(CCCNCCCC2CCCCO2)CC1. The van der Waals surface area contributed by atoms with E-state index in [0.717, 1.165) is 6.61 Å². The minimum atomic E-state index is 0.559. The summed E-state index contributed by atoms with van der Waals surface area (Å²) in [7, 11) is 0. The number of hydrogen-bond acceptors (Lipinski definition) is 3. The summed E-state index contributed by atoms with van der Waals surface area (Å²) in [6, 6.07) is 0. The maximum atomic E-state index is 5.75. The van der Waals surface area contributed by atoms with Crippen molar-refractivity contribution in [3.05, 3.63) is 0 Å². The summed E-state index contributed by atoms with van der Waals surface area (Å²) < 4.78 is 5.75. The molecule has 0 saturated carbocycles.